The second kappa shape index (κ2) is 4.31. The molecule has 3 aromatic rings. The van der Waals surface area contributed by atoms with E-state index >= 15 is 0 Å². The van der Waals surface area contributed by atoms with Gasteiger partial charge in [0.05, 0.1) is 17.7 Å². The van der Waals surface area contributed by atoms with Crippen LogP contribution < -0.4 is 0 Å². The molecule has 0 unspecified atom stereocenters. The molecule has 0 bridgehead atoms. The Hall–Kier alpha value is -2.88. The molecular weight excluding hydrogens is 266 g/mol. The number of hydrogen-bond donors (Lipinski definition) is 0. The first-order valence-electron chi connectivity index (χ1n) is 6.67. The molecule has 0 aliphatic carbocycles. The number of fused-ring (bicyclic) bond motifs is 2. The molecule has 1 aliphatic heterocycles. The molecule has 0 N–H and O–H groups in total. The van der Waals surface area contributed by atoms with E-state index in [1.54, 1.807) is 24.3 Å². The number of rotatable bonds is 2. The first-order chi connectivity index (χ1) is 10.2. The maximum atomic E-state index is 12.3. The monoisotopic (exact) mass is 277 g/mol. The Balaban J connectivity index is 1.69. The first kappa shape index (κ1) is 11.9. The summed E-state index contributed by atoms with van der Waals surface area (Å²) in [5.41, 5.74) is 1.67. The lowest BCUT2D eigenvalue weighted by molar-refractivity contribution is 0.0632. The first-order valence-corrected chi connectivity index (χ1v) is 6.67. The van der Waals surface area contributed by atoms with E-state index in [9.17, 15) is 9.59 Å². The zero-order chi connectivity index (χ0) is 14.4. The van der Waals surface area contributed by atoms with Crippen molar-refractivity contribution in [3.05, 3.63) is 71.5 Å². The SMILES string of the molecule is O=C1c2ccccc2C(=O)N1Cc1cc2ccccc2o1. The highest BCUT2D eigenvalue weighted by molar-refractivity contribution is 6.21. The van der Waals surface area contributed by atoms with Gasteiger partial charge in [0.1, 0.15) is 11.3 Å². The number of benzene rings is 2. The highest BCUT2D eigenvalue weighted by atomic mass is 16.3. The lowest BCUT2D eigenvalue weighted by atomic mass is 10.1. The van der Waals surface area contributed by atoms with E-state index < -0.39 is 0 Å². The van der Waals surface area contributed by atoms with Crippen molar-refractivity contribution in [3.63, 3.8) is 0 Å². The number of para-hydroxylation sites is 1. The van der Waals surface area contributed by atoms with Crippen LogP contribution in [0.4, 0.5) is 0 Å². The maximum absolute atomic E-state index is 12.3. The average molecular weight is 277 g/mol. The van der Waals surface area contributed by atoms with Gasteiger partial charge in [0.2, 0.25) is 0 Å². The van der Waals surface area contributed by atoms with Crippen LogP contribution in [0, 0.1) is 0 Å². The van der Waals surface area contributed by atoms with Crippen LogP contribution in [-0.4, -0.2) is 16.7 Å². The van der Waals surface area contributed by atoms with Gasteiger partial charge in [-0.15, -0.1) is 0 Å². The van der Waals surface area contributed by atoms with Crippen LogP contribution in [0.1, 0.15) is 26.5 Å². The van der Waals surface area contributed by atoms with Gasteiger partial charge in [0.15, 0.2) is 0 Å². The van der Waals surface area contributed by atoms with Gasteiger partial charge in [-0.25, -0.2) is 0 Å². The summed E-state index contributed by atoms with van der Waals surface area (Å²) in [6, 6.07) is 16.3. The van der Waals surface area contributed by atoms with E-state index in [2.05, 4.69) is 0 Å². The Bertz CT molecular complexity index is 810. The summed E-state index contributed by atoms with van der Waals surface area (Å²) < 4.78 is 5.68. The molecule has 4 rings (SSSR count). The summed E-state index contributed by atoms with van der Waals surface area (Å²) in [6.07, 6.45) is 0. The third-order valence-corrected chi connectivity index (χ3v) is 3.67. The molecule has 0 spiro atoms. The predicted octanol–water partition coefficient (Wildman–Crippen LogP) is 3.23. The van der Waals surface area contributed by atoms with E-state index in [0.29, 0.717) is 16.9 Å². The Kier molecular flexibility index (Phi) is 2.44. The van der Waals surface area contributed by atoms with Crippen LogP contribution in [0.3, 0.4) is 0 Å². The molecule has 102 valence electrons. The average Bonchev–Trinajstić information content (AvgIpc) is 3.02. The molecule has 2 aromatic carbocycles. The standard InChI is InChI=1S/C17H11NO3/c19-16-13-6-2-3-7-14(13)17(20)18(16)10-12-9-11-5-1-4-8-15(11)21-12/h1-9H,10H2. The Morgan fingerprint density at radius 2 is 1.48 bits per heavy atom. The number of imide groups is 1. The highest BCUT2D eigenvalue weighted by Gasteiger charge is 2.35. The van der Waals surface area contributed by atoms with Crippen molar-refractivity contribution < 1.29 is 14.0 Å². The van der Waals surface area contributed by atoms with Gasteiger partial charge in [-0.05, 0) is 24.3 Å². The van der Waals surface area contributed by atoms with Crippen molar-refractivity contribution in [2.45, 2.75) is 6.54 Å². The Labute approximate surface area is 120 Å². The second-order valence-electron chi connectivity index (χ2n) is 4.99. The molecule has 0 radical (unpaired) electrons. The second-order valence-corrected chi connectivity index (χ2v) is 4.99. The van der Waals surface area contributed by atoms with Gasteiger partial charge in [-0.2, -0.15) is 0 Å². The molecule has 4 nitrogen and oxygen atoms in total. The predicted molar refractivity (Wildman–Crippen MR) is 76.9 cm³/mol. The fourth-order valence-corrected chi connectivity index (χ4v) is 2.65. The summed E-state index contributed by atoms with van der Waals surface area (Å²) in [7, 11) is 0. The van der Waals surface area contributed by atoms with E-state index in [0.717, 1.165) is 11.0 Å². The van der Waals surface area contributed by atoms with Crippen molar-refractivity contribution in [1.82, 2.24) is 4.90 Å². The van der Waals surface area contributed by atoms with E-state index in [4.69, 9.17) is 4.42 Å². The van der Waals surface area contributed by atoms with Crippen molar-refractivity contribution in [2.75, 3.05) is 0 Å². The third kappa shape index (κ3) is 1.76. The number of furan rings is 1. The van der Waals surface area contributed by atoms with Crippen LogP contribution in [0.2, 0.25) is 0 Å². The van der Waals surface area contributed by atoms with Gasteiger partial charge < -0.3 is 4.42 Å². The van der Waals surface area contributed by atoms with Crippen LogP contribution in [0.15, 0.2) is 59.0 Å². The Morgan fingerprint density at radius 3 is 2.14 bits per heavy atom. The van der Waals surface area contributed by atoms with Crippen molar-refractivity contribution in [1.29, 1.82) is 0 Å². The molecular formula is C17H11NO3. The lowest BCUT2D eigenvalue weighted by Gasteiger charge is -2.11. The number of nitrogens with zero attached hydrogens (tertiary/aromatic N) is 1. The highest BCUT2D eigenvalue weighted by Crippen LogP contribution is 2.26. The number of hydrogen-bond acceptors (Lipinski definition) is 3. The molecule has 4 heteroatoms. The fraction of sp³-hybridized carbons (Fsp3) is 0.0588. The van der Waals surface area contributed by atoms with Crippen LogP contribution in [-0.2, 0) is 6.54 Å². The quantitative estimate of drug-likeness (QED) is 0.676. The van der Waals surface area contributed by atoms with Gasteiger partial charge >= 0.3 is 0 Å². The lowest BCUT2D eigenvalue weighted by Crippen LogP contribution is -2.28. The minimum atomic E-state index is -0.268. The molecule has 0 saturated heterocycles. The van der Waals surface area contributed by atoms with E-state index in [1.807, 2.05) is 30.3 Å². The number of carbonyl (C=O) groups excluding carboxylic acids is 2. The molecule has 21 heavy (non-hydrogen) atoms. The van der Waals surface area contributed by atoms with Crippen molar-refractivity contribution >= 4 is 22.8 Å². The summed E-state index contributed by atoms with van der Waals surface area (Å²) in [4.78, 5) is 25.8. The summed E-state index contributed by atoms with van der Waals surface area (Å²) >= 11 is 0. The minimum Gasteiger partial charge on any atom is -0.459 e. The van der Waals surface area contributed by atoms with E-state index in [1.165, 1.54) is 4.90 Å². The molecule has 1 aromatic heterocycles. The topological polar surface area (TPSA) is 50.5 Å². The minimum absolute atomic E-state index is 0.154. The van der Waals surface area contributed by atoms with Gasteiger partial charge in [0, 0.05) is 5.39 Å². The van der Waals surface area contributed by atoms with Gasteiger partial charge in [-0.1, -0.05) is 30.3 Å². The maximum Gasteiger partial charge on any atom is 0.261 e. The zero-order valence-corrected chi connectivity index (χ0v) is 11.1. The molecule has 1 aliphatic rings. The van der Waals surface area contributed by atoms with Crippen LogP contribution in [0.5, 0.6) is 0 Å². The number of amides is 2. The Morgan fingerprint density at radius 1 is 0.857 bits per heavy atom. The van der Waals surface area contributed by atoms with Crippen LogP contribution >= 0.6 is 0 Å². The summed E-state index contributed by atoms with van der Waals surface area (Å²) in [5.74, 6) is 0.0674. The van der Waals surface area contributed by atoms with Gasteiger partial charge in [-0.3, -0.25) is 14.5 Å². The molecule has 0 saturated carbocycles. The molecule has 0 fully saturated rings. The molecule has 2 heterocycles. The molecule has 0 atom stereocenters. The normalized spacial score (nSPS) is 14.0. The fourth-order valence-electron chi connectivity index (χ4n) is 2.65. The van der Waals surface area contributed by atoms with E-state index in [-0.39, 0.29) is 18.4 Å². The van der Waals surface area contributed by atoms with Crippen LogP contribution in [0.25, 0.3) is 11.0 Å². The summed E-state index contributed by atoms with van der Waals surface area (Å²) in [6.45, 7) is 0.154. The summed E-state index contributed by atoms with van der Waals surface area (Å²) in [5, 5.41) is 0.962. The largest absolute Gasteiger partial charge is 0.459 e. The third-order valence-electron chi connectivity index (χ3n) is 3.67. The number of carbonyl (C=O) groups is 2. The van der Waals surface area contributed by atoms with Crippen molar-refractivity contribution in [2.24, 2.45) is 0 Å². The molecule has 2 amide bonds. The van der Waals surface area contributed by atoms with Crippen molar-refractivity contribution in [3.8, 4) is 0 Å². The zero-order valence-electron chi connectivity index (χ0n) is 11.1. The van der Waals surface area contributed by atoms with Gasteiger partial charge in [0.25, 0.3) is 11.8 Å². The smallest absolute Gasteiger partial charge is 0.261 e.